The molecule has 0 spiro atoms. The van der Waals surface area contributed by atoms with Gasteiger partial charge in [0.1, 0.15) is 18.1 Å². The lowest BCUT2D eigenvalue weighted by molar-refractivity contribution is -0.110. The lowest BCUT2D eigenvalue weighted by atomic mass is 10.0. The fraction of sp³-hybridized carbons (Fsp3) is 0.0800. The molecule has 0 unspecified atom stereocenters. The monoisotopic (exact) mass is 408 g/mol. The molecule has 152 valence electrons. The van der Waals surface area contributed by atoms with Gasteiger partial charge in [0.2, 0.25) is 0 Å². The van der Waals surface area contributed by atoms with Crippen LogP contribution in [0.3, 0.4) is 0 Å². The molecule has 31 heavy (non-hydrogen) atoms. The predicted molar refractivity (Wildman–Crippen MR) is 119 cm³/mol. The Morgan fingerprint density at radius 3 is 2.71 bits per heavy atom. The number of ether oxygens (including phenoxy) is 1. The Kier molecular flexibility index (Phi) is 5.02. The Balaban J connectivity index is 1.27. The van der Waals surface area contributed by atoms with Crippen molar-refractivity contribution in [2.45, 2.75) is 13.2 Å². The zero-order valence-electron chi connectivity index (χ0n) is 16.7. The summed E-state index contributed by atoms with van der Waals surface area (Å²) in [4.78, 5) is 12.3. The third-order valence-corrected chi connectivity index (χ3v) is 5.04. The standard InChI is InChI=1S/C25H20N4O2/c30-25-23(22-11-4-5-12-24(22)26-25)14-19-9-6-10-21(13-19)31-17-20-16-29(28-27-20)15-18-7-2-1-3-8-18/h1-14,16H,15,17H2,(H,26,30)/b23-14+. The molecule has 0 radical (unpaired) electrons. The Labute approximate surface area is 179 Å². The van der Waals surface area contributed by atoms with Crippen LogP contribution in [-0.2, 0) is 17.9 Å². The van der Waals surface area contributed by atoms with E-state index in [1.54, 1.807) is 4.68 Å². The highest BCUT2D eigenvalue weighted by Gasteiger charge is 2.23. The van der Waals surface area contributed by atoms with Crippen LogP contribution < -0.4 is 10.1 Å². The maximum atomic E-state index is 12.3. The Morgan fingerprint density at radius 2 is 1.81 bits per heavy atom. The van der Waals surface area contributed by atoms with Crippen molar-refractivity contribution in [1.29, 1.82) is 0 Å². The second kappa shape index (κ2) is 8.28. The summed E-state index contributed by atoms with van der Waals surface area (Å²) in [5, 5.41) is 11.3. The number of anilines is 1. The van der Waals surface area contributed by atoms with E-state index in [0.717, 1.165) is 28.1 Å². The number of carbonyl (C=O) groups excluding carboxylic acids is 1. The molecule has 5 rings (SSSR count). The van der Waals surface area contributed by atoms with Crippen molar-refractivity contribution in [3.63, 3.8) is 0 Å². The second-order valence-corrected chi connectivity index (χ2v) is 7.31. The molecule has 1 amide bonds. The molecular weight excluding hydrogens is 388 g/mol. The number of hydrogen-bond acceptors (Lipinski definition) is 4. The van der Waals surface area contributed by atoms with Gasteiger partial charge in [-0.15, -0.1) is 5.10 Å². The van der Waals surface area contributed by atoms with Gasteiger partial charge in [-0.1, -0.05) is 65.9 Å². The molecule has 0 bridgehead atoms. The first-order valence-corrected chi connectivity index (χ1v) is 10.0. The largest absolute Gasteiger partial charge is 0.487 e. The van der Waals surface area contributed by atoms with E-state index >= 15 is 0 Å². The van der Waals surface area contributed by atoms with Crippen LogP contribution in [0.1, 0.15) is 22.4 Å². The predicted octanol–water partition coefficient (Wildman–Crippen LogP) is 4.40. The van der Waals surface area contributed by atoms with Gasteiger partial charge in [0, 0.05) is 16.8 Å². The topological polar surface area (TPSA) is 69.0 Å². The minimum atomic E-state index is -0.0949. The highest BCUT2D eigenvalue weighted by atomic mass is 16.5. The zero-order chi connectivity index (χ0) is 21.0. The molecule has 0 aliphatic carbocycles. The number of fused-ring (bicyclic) bond motifs is 1. The number of carbonyl (C=O) groups is 1. The van der Waals surface area contributed by atoms with Crippen LogP contribution in [-0.4, -0.2) is 20.9 Å². The molecule has 1 aliphatic heterocycles. The number of aromatic nitrogens is 3. The molecule has 4 aromatic rings. The fourth-order valence-electron chi connectivity index (χ4n) is 3.55. The lowest BCUT2D eigenvalue weighted by Gasteiger charge is -2.05. The lowest BCUT2D eigenvalue weighted by Crippen LogP contribution is -2.03. The Morgan fingerprint density at radius 1 is 0.968 bits per heavy atom. The van der Waals surface area contributed by atoms with E-state index in [-0.39, 0.29) is 5.91 Å². The van der Waals surface area contributed by atoms with Gasteiger partial charge in [0.25, 0.3) is 5.91 Å². The van der Waals surface area contributed by atoms with E-state index in [0.29, 0.717) is 24.5 Å². The van der Waals surface area contributed by atoms with Gasteiger partial charge in [0.15, 0.2) is 0 Å². The van der Waals surface area contributed by atoms with Crippen LogP contribution in [0.2, 0.25) is 0 Å². The first kappa shape index (κ1) is 18.8. The molecule has 1 aliphatic rings. The van der Waals surface area contributed by atoms with E-state index in [1.165, 1.54) is 0 Å². The zero-order valence-corrected chi connectivity index (χ0v) is 16.7. The van der Waals surface area contributed by atoms with E-state index in [2.05, 4.69) is 27.8 Å². The SMILES string of the molecule is O=C1Nc2ccccc2/C1=C\c1cccc(OCc2cn(Cc3ccccc3)nn2)c1. The summed E-state index contributed by atoms with van der Waals surface area (Å²) in [6, 6.07) is 25.5. The number of para-hydroxylation sites is 1. The van der Waals surface area contributed by atoms with Crippen molar-refractivity contribution in [2.24, 2.45) is 0 Å². The maximum Gasteiger partial charge on any atom is 0.256 e. The van der Waals surface area contributed by atoms with E-state index in [4.69, 9.17) is 4.74 Å². The van der Waals surface area contributed by atoms with Gasteiger partial charge in [-0.05, 0) is 35.4 Å². The molecular formula is C25H20N4O2. The van der Waals surface area contributed by atoms with Crippen LogP contribution in [0, 0.1) is 0 Å². The summed E-state index contributed by atoms with van der Waals surface area (Å²) in [5.41, 5.74) is 5.21. The number of benzene rings is 3. The van der Waals surface area contributed by atoms with Gasteiger partial charge in [0.05, 0.1) is 12.7 Å². The average molecular weight is 408 g/mol. The van der Waals surface area contributed by atoms with Gasteiger partial charge >= 0.3 is 0 Å². The summed E-state index contributed by atoms with van der Waals surface area (Å²) >= 11 is 0. The second-order valence-electron chi connectivity index (χ2n) is 7.31. The van der Waals surface area contributed by atoms with E-state index < -0.39 is 0 Å². The molecule has 0 atom stereocenters. The van der Waals surface area contributed by atoms with E-state index in [1.807, 2.05) is 79.0 Å². The molecule has 1 aromatic heterocycles. The molecule has 1 N–H and O–H groups in total. The first-order chi connectivity index (χ1) is 15.2. The third-order valence-electron chi connectivity index (χ3n) is 5.04. The Bertz CT molecular complexity index is 1260. The normalized spacial score (nSPS) is 13.8. The van der Waals surface area contributed by atoms with Gasteiger partial charge in [-0.3, -0.25) is 4.79 Å². The van der Waals surface area contributed by atoms with Crippen LogP contribution in [0.4, 0.5) is 5.69 Å². The number of nitrogens with one attached hydrogen (secondary N) is 1. The summed E-state index contributed by atoms with van der Waals surface area (Å²) in [6.45, 7) is 0.985. The van der Waals surface area contributed by atoms with Crippen LogP contribution >= 0.6 is 0 Å². The molecule has 6 nitrogen and oxygen atoms in total. The van der Waals surface area contributed by atoms with Crippen molar-refractivity contribution >= 4 is 23.2 Å². The first-order valence-electron chi connectivity index (χ1n) is 10.0. The number of nitrogens with zero attached hydrogens (tertiary/aromatic N) is 3. The van der Waals surface area contributed by atoms with Crippen molar-refractivity contribution in [3.05, 3.63) is 107 Å². The summed E-state index contributed by atoms with van der Waals surface area (Å²) in [7, 11) is 0. The fourth-order valence-corrected chi connectivity index (χ4v) is 3.55. The molecule has 3 aromatic carbocycles. The molecule has 6 heteroatoms. The summed E-state index contributed by atoms with van der Waals surface area (Å²) < 4.78 is 7.71. The maximum absolute atomic E-state index is 12.3. The molecule has 0 fully saturated rings. The quantitative estimate of drug-likeness (QED) is 0.480. The van der Waals surface area contributed by atoms with Crippen LogP contribution in [0.15, 0.2) is 85.1 Å². The van der Waals surface area contributed by atoms with Gasteiger partial charge < -0.3 is 10.1 Å². The smallest absolute Gasteiger partial charge is 0.256 e. The molecule has 0 saturated carbocycles. The highest BCUT2D eigenvalue weighted by molar-refractivity contribution is 6.34. The molecule has 0 saturated heterocycles. The van der Waals surface area contributed by atoms with Gasteiger partial charge in [-0.25, -0.2) is 4.68 Å². The number of hydrogen-bond donors (Lipinski definition) is 1. The van der Waals surface area contributed by atoms with E-state index in [9.17, 15) is 4.79 Å². The number of amides is 1. The molecule has 2 heterocycles. The third kappa shape index (κ3) is 4.23. The van der Waals surface area contributed by atoms with Crippen molar-refractivity contribution in [1.82, 2.24) is 15.0 Å². The van der Waals surface area contributed by atoms with Crippen molar-refractivity contribution < 1.29 is 9.53 Å². The number of rotatable bonds is 6. The minimum Gasteiger partial charge on any atom is -0.487 e. The summed E-state index contributed by atoms with van der Waals surface area (Å²) in [6.07, 6.45) is 3.77. The van der Waals surface area contributed by atoms with Crippen LogP contribution in [0.25, 0.3) is 11.6 Å². The average Bonchev–Trinajstić information content (AvgIpc) is 3.37. The van der Waals surface area contributed by atoms with Crippen LogP contribution in [0.5, 0.6) is 5.75 Å². The summed E-state index contributed by atoms with van der Waals surface area (Å²) in [5.74, 6) is 0.612. The van der Waals surface area contributed by atoms with Gasteiger partial charge in [-0.2, -0.15) is 0 Å². The highest BCUT2D eigenvalue weighted by Crippen LogP contribution is 2.33. The van der Waals surface area contributed by atoms with Crippen molar-refractivity contribution in [3.8, 4) is 5.75 Å². The Hall–Kier alpha value is -4.19. The minimum absolute atomic E-state index is 0.0949. The van der Waals surface area contributed by atoms with Crippen molar-refractivity contribution in [2.75, 3.05) is 5.32 Å².